The molecule has 0 amide bonds. The molecule has 0 atom stereocenters. The molecular formula is C18H13N4O4-. The molecule has 3 aromatic rings. The van der Waals surface area contributed by atoms with E-state index >= 15 is 0 Å². The Labute approximate surface area is 148 Å². The van der Waals surface area contributed by atoms with E-state index in [0.29, 0.717) is 11.3 Å². The SMILES string of the molecule is COc1cc([N+](=O)[O-])cc(/C=C(\C#N)c2nc3ccccc3n2C)c1[O-]. The number of nitro groups is 1. The molecule has 2 aromatic carbocycles. The number of aromatic nitrogens is 2. The minimum absolute atomic E-state index is 0.0142. The van der Waals surface area contributed by atoms with Crippen molar-refractivity contribution in [3.8, 4) is 17.6 Å². The van der Waals surface area contributed by atoms with Crippen molar-refractivity contribution in [3.05, 3.63) is 57.9 Å². The Kier molecular flexibility index (Phi) is 4.29. The Balaban J connectivity index is 2.21. The number of para-hydroxylation sites is 2. The topological polar surface area (TPSA) is 117 Å². The number of allylic oxidation sites excluding steroid dienone is 1. The molecule has 0 aliphatic rings. The van der Waals surface area contributed by atoms with Crippen molar-refractivity contribution in [2.75, 3.05) is 7.11 Å². The standard InChI is InChI=1S/C18H14N4O4/c1-21-15-6-4-3-5-14(15)20-18(21)12(10-19)7-11-8-13(22(24)25)9-16(26-2)17(11)23/h3-9,23H,1-2H3/p-1/b12-7+. The first-order valence-electron chi connectivity index (χ1n) is 7.53. The third-order valence-corrected chi connectivity index (χ3v) is 3.95. The van der Waals surface area contributed by atoms with E-state index in [0.717, 1.165) is 17.6 Å². The summed E-state index contributed by atoms with van der Waals surface area (Å²) in [5, 5.41) is 33.0. The second-order valence-electron chi connectivity index (χ2n) is 5.48. The normalized spacial score (nSPS) is 11.3. The number of nitrogens with zero attached hydrogens (tertiary/aromatic N) is 4. The van der Waals surface area contributed by atoms with Gasteiger partial charge in [-0.25, -0.2) is 4.98 Å². The second-order valence-corrected chi connectivity index (χ2v) is 5.48. The zero-order valence-electron chi connectivity index (χ0n) is 14.0. The third kappa shape index (κ3) is 2.82. The number of hydrogen-bond donors (Lipinski definition) is 0. The van der Waals surface area contributed by atoms with Crippen molar-refractivity contribution in [2.45, 2.75) is 0 Å². The molecule has 0 radical (unpaired) electrons. The van der Waals surface area contributed by atoms with Gasteiger partial charge in [-0.3, -0.25) is 10.1 Å². The van der Waals surface area contributed by atoms with Crippen LogP contribution in [-0.2, 0) is 7.05 Å². The molecule has 1 aromatic heterocycles. The number of fused-ring (bicyclic) bond motifs is 1. The van der Waals surface area contributed by atoms with E-state index in [-0.39, 0.29) is 22.6 Å². The predicted octanol–water partition coefficient (Wildman–Crippen LogP) is 2.63. The molecule has 3 rings (SSSR count). The van der Waals surface area contributed by atoms with Crippen LogP contribution in [0.4, 0.5) is 5.69 Å². The zero-order chi connectivity index (χ0) is 18.8. The number of non-ortho nitro benzene ring substituents is 1. The lowest BCUT2D eigenvalue weighted by atomic mass is 10.1. The van der Waals surface area contributed by atoms with Gasteiger partial charge in [-0.05, 0) is 23.8 Å². The molecule has 0 N–H and O–H groups in total. The average molecular weight is 349 g/mol. The van der Waals surface area contributed by atoms with Crippen LogP contribution in [0.3, 0.4) is 0 Å². The lowest BCUT2D eigenvalue weighted by molar-refractivity contribution is -0.385. The number of nitro benzene ring substituents is 1. The fourth-order valence-corrected chi connectivity index (χ4v) is 2.66. The molecule has 8 nitrogen and oxygen atoms in total. The maximum Gasteiger partial charge on any atom is 0.273 e. The number of hydrogen-bond acceptors (Lipinski definition) is 6. The highest BCUT2D eigenvalue weighted by Gasteiger charge is 2.15. The van der Waals surface area contributed by atoms with Gasteiger partial charge in [-0.15, -0.1) is 0 Å². The van der Waals surface area contributed by atoms with Crippen molar-refractivity contribution >= 4 is 28.4 Å². The van der Waals surface area contributed by atoms with Crippen LogP contribution in [0, 0.1) is 21.4 Å². The van der Waals surface area contributed by atoms with Crippen LogP contribution in [0.1, 0.15) is 11.4 Å². The Hall–Kier alpha value is -3.86. The summed E-state index contributed by atoms with van der Waals surface area (Å²) >= 11 is 0. The summed E-state index contributed by atoms with van der Waals surface area (Å²) in [5.41, 5.74) is 1.32. The summed E-state index contributed by atoms with van der Waals surface area (Å²) in [6.45, 7) is 0. The minimum atomic E-state index is -0.625. The molecule has 0 aliphatic heterocycles. The molecule has 0 saturated carbocycles. The number of rotatable bonds is 4. The highest BCUT2D eigenvalue weighted by molar-refractivity contribution is 5.92. The molecule has 8 heteroatoms. The summed E-state index contributed by atoms with van der Waals surface area (Å²) in [6.07, 6.45) is 1.29. The van der Waals surface area contributed by atoms with E-state index in [1.54, 1.807) is 11.6 Å². The maximum absolute atomic E-state index is 12.4. The van der Waals surface area contributed by atoms with E-state index in [9.17, 15) is 20.5 Å². The minimum Gasteiger partial charge on any atom is -0.870 e. The summed E-state index contributed by atoms with van der Waals surface area (Å²) in [5.74, 6) is -0.337. The quantitative estimate of drug-likeness (QED) is 0.406. The van der Waals surface area contributed by atoms with Gasteiger partial charge < -0.3 is 14.4 Å². The molecule has 130 valence electrons. The molecule has 0 spiro atoms. The van der Waals surface area contributed by atoms with Crippen molar-refractivity contribution in [1.29, 1.82) is 5.26 Å². The highest BCUT2D eigenvalue weighted by atomic mass is 16.6. The maximum atomic E-state index is 12.4. The number of ether oxygens (including phenoxy) is 1. The van der Waals surface area contributed by atoms with Crippen molar-refractivity contribution in [1.82, 2.24) is 9.55 Å². The molecule has 0 aliphatic carbocycles. The van der Waals surface area contributed by atoms with Crippen molar-refractivity contribution in [2.24, 2.45) is 7.05 Å². The van der Waals surface area contributed by atoms with Gasteiger partial charge in [-0.2, -0.15) is 5.26 Å². The van der Waals surface area contributed by atoms with Crippen LogP contribution >= 0.6 is 0 Å². The monoisotopic (exact) mass is 349 g/mol. The van der Waals surface area contributed by atoms with Gasteiger partial charge >= 0.3 is 0 Å². The van der Waals surface area contributed by atoms with Crippen LogP contribution in [0.15, 0.2) is 36.4 Å². The Morgan fingerprint density at radius 2 is 2.12 bits per heavy atom. The first-order valence-corrected chi connectivity index (χ1v) is 7.53. The third-order valence-electron chi connectivity index (χ3n) is 3.95. The molecule has 1 heterocycles. The van der Waals surface area contributed by atoms with E-state index < -0.39 is 10.7 Å². The van der Waals surface area contributed by atoms with Gasteiger partial charge in [0.1, 0.15) is 11.8 Å². The first-order chi connectivity index (χ1) is 12.5. The zero-order valence-corrected chi connectivity index (χ0v) is 14.0. The Morgan fingerprint density at radius 1 is 1.38 bits per heavy atom. The van der Waals surface area contributed by atoms with Crippen LogP contribution in [0.25, 0.3) is 22.7 Å². The Morgan fingerprint density at radius 3 is 2.73 bits per heavy atom. The molecule has 26 heavy (non-hydrogen) atoms. The molecule has 0 saturated heterocycles. The summed E-state index contributed by atoms with van der Waals surface area (Å²) < 4.78 is 6.64. The van der Waals surface area contributed by atoms with E-state index in [4.69, 9.17) is 4.74 Å². The lowest BCUT2D eigenvalue weighted by Crippen LogP contribution is -2.01. The van der Waals surface area contributed by atoms with E-state index in [1.807, 2.05) is 30.3 Å². The van der Waals surface area contributed by atoms with Crippen LogP contribution in [-0.4, -0.2) is 21.6 Å². The average Bonchev–Trinajstić information content (AvgIpc) is 2.97. The predicted molar refractivity (Wildman–Crippen MR) is 93.3 cm³/mol. The second kappa shape index (κ2) is 6.57. The molecule has 0 fully saturated rings. The molecule has 0 bridgehead atoms. The van der Waals surface area contributed by atoms with Crippen LogP contribution < -0.4 is 9.84 Å². The van der Waals surface area contributed by atoms with Crippen LogP contribution in [0.2, 0.25) is 0 Å². The van der Waals surface area contributed by atoms with Gasteiger partial charge in [0.15, 0.2) is 5.82 Å². The van der Waals surface area contributed by atoms with Gasteiger partial charge in [0.05, 0.1) is 34.7 Å². The van der Waals surface area contributed by atoms with Gasteiger partial charge in [0, 0.05) is 13.1 Å². The van der Waals surface area contributed by atoms with Gasteiger partial charge in [0.2, 0.25) is 0 Å². The highest BCUT2D eigenvalue weighted by Crippen LogP contribution is 2.34. The van der Waals surface area contributed by atoms with Gasteiger partial charge in [0.25, 0.3) is 5.69 Å². The molecule has 0 unspecified atom stereocenters. The number of imidazole rings is 1. The lowest BCUT2D eigenvalue weighted by Gasteiger charge is -2.15. The van der Waals surface area contributed by atoms with Crippen molar-refractivity contribution < 1.29 is 14.8 Å². The van der Waals surface area contributed by atoms with E-state index in [2.05, 4.69) is 4.98 Å². The number of nitriles is 1. The fourth-order valence-electron chi connectivity index (χ4n) is 2.66. The Bertz CT molecular complexity index is 1090. The largest absolute Gasteiger partial charge is 0.870 e. The summed E-state index contributed by atoms with van der Waals surface area (Å²) in [6, 6.07) is 11.5. The summed E-state index contributed by atoms with van der Waals surface area (Å²) in [4.78, 5) is 14.9. The van der Waals surface area contributed by atoms with E-state index in [1.165, 1.54) is 13.2 Å². The smallest absolute Gasteiger partial charge is 0.273 e. The number of aryl methyl sites for hydroxylation is 1. The number of benzene rings is 2. The summed E-state index contributed by atoms with van der Waals surface area (Å²) in [7, 11) is 3.01. The fraction of sp³-hybridized carbons (Fsp3) is 0.111. The first kappa shape index (κ1) is 17.0. The molecular weight excluding hydrogens is 336 g/mol. The number of methoxy groups -OCH3 is 1. The van der Waals surface area contributed by atoms with Crippen molar-refractivity contribution in [3.63, 3.8) is 0 Å². The van der Waals surface area contributed by atoms with Gasteiger partial charge in [-0.1, -0.05) is 17.9 Å². The van der Waals surface area contributed by atoms with Crippen LogP contribution in [0.5, 0.6) is 11.5 Å².